The van der Waals surface area contributed by atoms with E-state index in [4.69, 9.17) is 4.74 Å². The minimum Gasteiger partial charge on any atom is -0.453 e. The van der Waals surface area contributed by atoms with Gasteiger partial charge in [0, 0.05) is 47.6 Å². The van der Waals surface area contributed by atoms with Crippen molar-refractivity contribution in [1.82, 2.24) is 25.3 Å². The highest BCUT2D eigenvalue weighted by atomic mass is 32.2. The van der Waals surface area contributed by atoms with Gasteiger partial charge in [-0.3, -0.25) is 0 Å². The van der Waals surface area contributed by atoms with Gasteiger partial charge in [-0.15, -0.1) is 11.3 Å². The third-order valence-corrected chi connectivity index (χ3v) is 6.57. The summed E-state index contributed by atoms with van der Waals surface area (Å²) in [6.07, 6.45) is 4.39. The summed E-state index contributed by atoms with van der Waals surface area (Å²) in [5.41, 5.74) is 3.24. The van der Waals surface area contributed by atoms with Gasteiger partial charge >= 0.3 is 0 Å². The first-order chi connectivity index (χ1) is 15.2. The molecular weight excluding hydrogens is 428 g/mol. The molecule has 3 aromatic heterocycles. The van der Waals surface area contributed by atoms with Gasteiger partial charge in [0.15, 0.2) is 16.7 Å². The van der Waals surface area contributed by atoms with Gasteiger partial charge in [0.05, 0.1) is 11.4 Å². The summed E-state index contributed by atoms with van der Waals surface area (Å²) < 4.78 is 6.17. The summed E-state index contributed by atoms with van der Waals surface area (Å²) >= 11 is 3.11. The fourth-order valence-electron chi connectivity index (χ4n) is 3.23. The number of fused-ring (bicyclic) bond motifs is 1. The second kappa shape index (κ2) is 9.01. The molecule has 0 atom stereocenters. The lowest BCUT2D eigenvalue weighted by atomic mass is 10.1. The van der Waals surface area contributed by atoms with Crippen molar-refractivity contribution >= 4 is 34.0 Å². The van der Waals surface area contributed by atoms with Gasteiger partial charge < -0.3 is 15.4 Å². The van der Waals surface area contributed by atoms with E-state index < -0.39 is 0 Å². The van der Waals surface area contributed by atoms with E-state index in [1.54, 1.807) is 18.1 Å². The van der Waals surface area contributed by atoms with Gasteiger partial charge in [-0.05, 0) is 19.1 Å². The second-order valence-electron chi connectivity index (χ2n) is 6.98. The molecule has 9 heteroatoms. The molecular formula is C22H20N6OS2. The molecule has 31 heavy (non-hydrogen) atoms. The van der Waals surface area contributed by atoms with Gasteiger partial charge in [-0.1, -0.05) is 30.0 Å². The van der Waals surface area contributed by atoms with Crippen LogP contribution in [-0.2, 0) is 13.0 Å². The molecule has 156 valence electrons. The van der Waals surface area contributed by atoms with E-state index in [2.05, 4.69) is 30.6 Å². The van der Waals surface area contributed by atoms with Crippen LogP contribution in [0.2, 0.25) is 0 Å². The predicted molar refractivity (Wildman–Crippen MR) is 122 cm³/mol. The number of thiazole rings is 1. The van der Waals surface area contributed by atoms with Gasteiger partial charge in [0.1, 0.15) is 17.1 Å². The molecule has 4 aromatic rings. The van der Waals surface area contributed by atoms with Crippen molar-refractivity contribution in [2.75, 3.05) is 11.9 Å². The normalized spacial score (nSPS) is 12.9. The number of hydrogen-bond acceptors (Lipinski definition) is 9. The third-order valence-electron chi connectivity index (χ3n) is 4.69. The zero-order valence-corrected chi connectivity index (χ0v) is 18.5. The zero-order valence-electron chi connectivity index (χ0n) is 16.8. The summed E-state index contributed by atoms with van der Waals surface area (Å²) in [4.78, 5) is 19.0. The number of pyridine rings is 1. The summed E-state index contributed by atoms with van der Waals surface area (Å²) in [6, 6.07) is 11.7. The smallest absolute Gasteiger partial charge is 0.188 e. The van der Waals surface area contributed by atoms with Crippen molar-refractivity contribution in [2.24, 2.45) is 0 Å². The quantitative estimate of drug-likeness (QED) is 0.400. The molecule has 0 saturated carbocycles. The van der Waals surface area contributed by atoms with Crippen LogP contribution in [0.4, 0.5) is 10.9 Å². The van der Waals surface area contributed by atoms with Crippen LogP contribution in [0.15, 0.2) is 64.2 Å². The van der Waals surface area contributed by atoms with Crippen molar-refractivity contribution in [3.8, 4) is 11.5 Å². The zero-order chi connectivity index (χ0) is 21.0. The lowest BCUT2D eigenvalue weighted by Gasteiger charge is -2.18. The van der Waals surface area contributed by atoms with Crippen LogP contribution in [0, 0.1) is 6.92 Å². The van der Waals surface area contributed by atoms with Crippen LogP contribution < -0.4 is 15.4 Å². The lowest BCUT2D eigenvalue weighted by molar-refractivity contribution is 0.481. The van der Waals surface area contributed by atoms with Crippen molar-refractivity contribution in [1.29, 1.82) is 0 Å². The van der Waals surface area contributed by atoms with Gasteiger partial charge in [-0.2, -0.15) is 0 Å². The van der Waals surface area contributed by atoms with Crippen LogP contribution in [0.1, 0.15) is 17.0 Å². The SMILES string of the molecule is Cc1csc(Nc2ncc(Sc3ncnc4c3CNCC4)cc2Oc2ccccc2)n1. The van der Waals surface area contributed by atoms with E-state index in [1.807, 2.05) is 54.9 Å². The standard InChI is InChI=1S/C22H20N6OS2/c1-14-12-30-22(27-14)28-20-19(29-15-5-3-2-4-6-15)9-16(10-24-20)31-21-17-11-23-8-7-18(17)25-13-26-21/h2-6,9-10,12-13,23H,7-8,11H2,1H3,(H,24,27,28). The molecule has 1 aliphatic heterocycles. The Morgan fingerprint density at radius 2 is 2.06 bits per heavy atom. The highest BCUT2D eigenvalue weighted by molar-refractivity contribution is 7.99. The molecule has 0 amide bonds. The van der Waals surface area contributed by atoms with Crippen LogP contribution in [0.5, 0.6) is 11.5 Å². The Hall–Kier alpha value is -3.01. The Morgan fingerprint density at radius 3 is 2.90 bits per heavy atom. The Bertz CT molecular complexity index is 1200. The first-order valence-corrected chi connectivity index (χ1v) is 11.6. The average molecular weight is 449 g/mol. The van der Waals surface area contributed by atoms with Crippen LogP contribution in [0.3, 0.4) is 0 Å². The number of nitrogens with zero attached hydrogens (tertiary/aromatic N) is 4. The van der Waals surface area contributed by atoms with Crippen molar-refractivity contribution in [2.45, 2.75) is 29.8 Å². The molecule has 2 N–H and O–H groups in total. The molecule has 7 nitrogen and oxygen atoms in total. The van der Waals surface area contributed by atoms with E-state index in [-0.39, 0.29) is 0 Å². The molecule has 0 saturated heterocycles. The minimum absolute atomic E-state index is 0.619. The Labute approximate surface area is 188 Å². The number of aryl methyl sites for hydroxylation is 1. The first-order valence-electron chi connectivity index (χ1n) is 9.88. The highest BCUT2D eigenvalue weighted by Gasteiger charge is 2.17. The van der Waals surface area contributed by atoms with E-state index in [0.717, 1.165) is 57.3 Å². The number of para-hydroxylation sites is 1. The Kier molecular flexibility index (Phi) is 5.79. The number of hydrogen-bond donors (Lipinski definition) is 2. The Morgan fingerprint density at radius 1 is 1.16 bits per heavy atom. The molecule has 0 fully saturated rings. The maximum absolute atomic E-state index is 6.17. The van der Waals surface area contributed by atoms with E-state index in [0.29, 0.717) is 11.6 Å². The fourth-order valence-corrected chi connectivity index (χ4v) is 4.82. The van der Waals surface area contributed by atoms with Gasteiger partial charge in [-0.25, -0.2) is 19.9 Å². The molecule has 1 aliphatic rings. The van der Waals surface area contributed by atoms with Crippen molar-refractivity contribution < 1.29 is 4.74 Å². The van der Waals surface area contributed by atoms with Crippen molar-refractivity contribution in [3.63, 3.8) is 0 Å². The maximum atomic E-state index is 6.17. The van der Waals surface area contributed by atoms with Crippen LogP contribution in [-0.4, -0.2) is 26.5 Å². The van der Waals surface area contributed by atoms with Crippen LogP contribution in [0.25, 0.3) is 0 Å². The monoisotopic (exact) mass is 448 g/mol. The molecule has 5 rings (SSSR count). The maximum Gasteiger partial charge on any atom is 0.188 e. The summed E-state index contributed by atoms with van der Waals surface area (Å²) in [5, 5.41) is 10.4. The number of ether oxygens (including phenoxy) is 1. The summed E-state index contributed by atoms with van der Waals surface area (Å²) in [7, 11) is 0. The van der Waals surface area contributed by atoms with Crippen molar-refractivity contribution in [3.05, 3.63) is 71.3 Å². The molecule has 0 radical (unpaired) electrons. The topological polar surface area (TPSA) is 84.9 Å². The first kappa shape index (κ1) is 19.9. The molecule has 0 spiro atoms. The summed E-state index contributed by atoms with van der Waals surface area (Å²) in [6.45, 7) is 3.69. The number of benzene rings is 1. The molecule has 0 bridgehead atoms. The number of nitrogens with one attached hydrogen (secondary N) is 2. The fraction of sp³-hybridized carbons (Fsp3) is 0.182. The van der Waals surface area contributed by atoms with Crippen LogP contribution >= 0.6 is 23.1 Å². The van der Waals surface area contributed by atoms with Gasteiger partial charge in [0.25, 0.3) is 0 Å². The largest absolute Gasteiger partial charge is 0.453 e. The second-order valence-corrected chi connectivity index (χ2v) is 8.91. The van der Waals surface area contributed by atoms with E-state index in [9.17, 15) is 0 Å². The molecule has 0 unspecified atom stereocenters. The molecule has 1 aromatic carbocycles. The van der Waals surface area contributed by atoms with Gasteiger partial charge in [0.2, 0.25) is 0 Å². The highest BCUT2D eigenvalue weighted by Crippen LogP contribution is 2.37. The number of anilines is 2. The average Bonchev–Trinajstić information content (AvgIpc) is 3.21. The Balaban J connectivity index is 1.47. The van der Waals surface area contributed by atoms with E-state index >= 15 is 0 Å². The van der Waals surface area contributed by atoms with E-state index in [1.165, 1.54) is 11.3 Å². The molecule has 4 heterocycles. The summed E-state index contributed by atoms with van der Waals surface area (Å²) in [5.74, 6) is 1.99. The predicted octanol–water partition coefficient (Wildman–Crippen LogP) is 4.97. The minimum atomic E-state index is 0.619. The number of rotatable bonds is 6. The number of aromatic nitrogens is 4. The third kappa shape index (κ3) is 4.68. The molecule has 0 aliphatic carbocycles. The lowest BCUT2D eigenvalue weighted by Crippen LogP contribution is -2.25.